The van der Waals surface area contributed by atoms with Crippen molar-refractivity contribution < 1.29 is 0 Å². The predicted octanol–water partition coefficient (Wildman–Crippen LogP) is 1.82. The van der Waals surface area contributed by atoms with Crippen LogP contribution in [0.1, 0.15) is 19.5 Å². The average molecular weight is 413 g/mol. The van der Waals surface area contributed by atoms with Crippen molar-refractivity contribution in [3.8, 4) is 0 Å². The summed E-state index contributed by atoms with van der Waals surface area (Å²) in [6.07, 6.45) is 2.08. The van der Waals surface area contributed by atoms with Gasteiger partial charge in [0.25, 0.3) is 0 Å². The number of guanidine groups is 1. The summed E-state index contributed by atoms with van der Waals surface area (Å²) in [5.74, 6) is 0.941. The van der Waals surface area contributed by atoms with E-state index in [4.69, 9.17) is 0 Å². The van der Waals surface area contributed by atoms with Crippen LogP contribution in [-0.2, 0) is 13.6 Å². The summed E-state index contributed by atoms with van der Waals surface area (Å²) in [4.78, 5) is 11.7. The van der Waals surface area contributed by atoms with Gasteiger partial charge in [0.05, 0.1) is 6.54 Å². The second kappa shape index (κ2) is 9.59. The minimum absolute atomic E-state index is 0.508. The molecule has 1 aromatic rings. The fraction of sp³-hybridized carbons (Fsp3) is 0.722. The maximum Gasteiger partial charge on any atom is 0.193 e. The molecule has 0 radical (unpaired) electrons. The topological polar surface area (TPSA) is 39.0 Å². The number of aliphatic imine (C=N–C) groups is 1. The zero-order chi connectivity index (χ0) is 18.4. The van der Waals surface area contributed by atoms with Crippen molar-refractivity contribution >= 4 is 21.9 Å². The van der Waals surface area contributed by atoms with E-state index >= 15 is 0 Å². The number of aryl methyl sites for hydroxylation is 1. The van der Waals surface area contributed by atoms with Gasteiger partial charge in [-0.15, -0.1) is 0 Å². The van der Waals surface area contributed by atoms with E-state index < -0.39 is 0 Å². The first-order valence-corrected chi connectivity index (χ1v) is 9.92. The van der Waals surface area contributed by atoms with Crippen molar-refractivity contribution in [3.05, 3.63) is 22.4 Å². The molecule has 1 aliphatic heterocycles. The molecular formula is C18H33BrN6. The average Bonchev–Trinajstić information content (AvgIpc) is 2.92. The number of hydrogen-bond acceptors (Lipinski definition) is 3. The fourth-order valence-electron chi connectivity index (χ4n) is 3.31. The Morgan fingerprint density at radius 3 is 2.56 bits per heavy atom. The highest BCUT2D eigenvalue weighted by Gasteiger charge is 2.20. The Hall–Kier alpha value is -1.05. The van der Waals surface area contributed by atoms with Crippen molar-refractivity contribution in [2.24, 2.45) is 12.0 Å². The molecule has 0 bridgehead atoms. The zero-order valence-electron chi connectivity index (χ0n) is 16.3. The number of likely N-dealkylation sites (N-methyl/N-ethyl adjacent to an activating group) is 1. The van der Waals surface area contributed by atoms with Crippen LogP contribution in [0, 0.1) is 0 Å². The van der Waals surface area contributed by atoms with E-state index in [2.05, 4.69) is 85.7 Å². The molecule has 2 rings (SSSR count). The maximum absolute atomic E-state index is 4.45. The van der Waals surface area contributed by atoms with Crippen molar-refractivity contribution in [1.82, 2.24) is 24.6 Å². The minimum Gasteiger partial charge on any atom is -0.355 e. The first kappa shape index (κ1) is 20.3. The Kier molecular flexibility index (Phi) is 7.78. The number of nitrogens with zero attached hydrogens (tertiary/aromatic N) is 5. The molecular weight excluding hydrogens is 380 g/mol. The number of rotatable bonds is 6. The van der Waals surface area contributed by atoms with E-state index in [1.54, 1.807) is 0 Å². The molecule has 1 atom stereocenters. The first-order chi connectivity index (χ1) is 11.9. The Morgan fingerprint density at radius 1 is 1.36 bits per heavy atom. The van der Waals surface area contributed by atoms with Crippen LogP contribution in [0.2, 0.25) is 0 Å². The zero-order valence-corrected chi connectivity index (χ0v) is 17.9. The molecule has 0 saturated carbocycles. The summed E-state index contributed by atoms with van der Waals surface area (Å²) in [7, 11) is 6.01. The highest BCUT2D eigenvalue weighted by atomic mass is 79.9. The summed E-state index contributed by atoms with van der Waals surface area (Å²) in [6.45, 7) is 12.1. The normalized spacial score (nSPS) is 18.4. The molecule has 0 aromatic carbocycles. The molecule has 0 amide bonds. The van der Waals surface area contributed by atoms with Gasteiger partial charge in [-0.3, -0.25) is 9.89 Å². The van der Waals surface area contributed by atoms with Crippen molar-refractivity contribution in [2.45, 2.75) is 26.4 Å². The second-order valence-electron chi connectivity index (χ2n) is 6.86. The number of halogens is 1. The number of aromatic nitrogens is 1. The molecule has 1 saturated heterocycles. The number of piperazine rings is 1. The Balaban J connectivity index is 1.82. The quantitative estimate of drug-likeness (QED) is 0.571. The summed E-state index contributed by atoms with van der Waals surface area (Å²) < 4.78 is 3.25. The van der Waals surface area contributed by atoms with Gasteiger partial charge in [0, 0.05) is 76.3 Å². The molecule has 2 heterocycles. The van der Waals surface area contributed by atoms with Crippen LogP contribution in [0.4, 0.5) is 0 Å². The largest absolute Gasteiger partial charge is 0.355 e. The molecule has 1 fully saturated rings. The Labute approximate surface area is 161 Å². The fourth-order valence-corrected chi connectivity index (χ4v) is 3.89. The molecule has 25 heavy (non-hydrogen) atoms. The van der Waals surface area contributed by atoms with E-state index in [0.29, 0.717) is 6.04 Å². The van der Waals surface area contributed by atoms with Crippen LogP contribution in [0.3, 0.4) is 0 Å². The standard InChI is InChI=1S/C18H33BrN6/c1-6-24-7-9-25(10-8-24)15(2)12-21-18(20-3)23(5)14-17-11-16(19)13-22(17)4/h11,13,15H,6-10,12,14H2,1-5H3,(H,20,21). The van der Waals surface area contributed by atoms with Crippen LogP contribution < -0.4 is 5.32 Å². The smallest absolute Gasteiger partial charge is 0.193 e. The van der Waals surface area contributed by atoms with Gasteiger partial charge in [0.2, 0.25) is 0 Å². The van der Waals surface area contributed by atoms with Crippen molar-refractivity contribution in [2.75, 3.05) is 53.4 Å². The minimum atomic E-state index is 0.508. The lowest BCUT2D eigenvalue weighted by Crippen LogP contribution is -2.53. The first-order valence-electron chi connectivity index (χ1n) is 9.13. The SMILES string of the molecule is CCN1CCN(C(C)CNC(=NC)N(C)Cc2cc(Br)cn2C)CC1. The van der Waals surface area contributed by atoms with Gasteiger partial charge in [-0.2, -0.15) is 0 Å². The summed E-state index contributed by atoms with van der Waals surface area (Å²) in [5.41, 5.74) is 1.25. The lowest BCUT2D eigenvalue weighted by Gasteiger charge is -2.38. The van der Waals surface area contributed by atoms with E-state index in [1.165, 1.54) is 18.8 Å². The van der Waals surface area contributed by atoms with Gasteiger partial charge in [-0.1, -0.05) is 6.92 Å². The number of nitrogens with one attached hydrogen (secondary N) is 1. The third-order valence-electron chi connectivity index (χ3n) is 5.08. The van der Waals surface area contributed by atoms with Gasteiger partial charge < -0.3 is 19.7 Å². The predicted molar refractivity (Wildman–Crippen MR) is 109 cm³/mol. The van der Waals surface area contributed by atoms with Gasteiger partial charge in [0.1, 0.15) is 0 Å². The summed E-state index contributed by atoms with van der Waals surface area (Å²) in [5, 5.41) is 3.54. The molecule has 0 spiro atoms. The maximum atomic E-state index is 4.45. The molecule has 7 heteroatoms. The molecule has 1 unspecified atom stereocenters. The lowest BCUT2D eigenvalue weighted by molar-refractivity contribution is 0.107. The van der Waals surface area contributed by atoms with Crippen LogP contribution in [-0.4, -0.2) is 84.6 Å². The summed E-state index contributed by atoms with van der Waals surface area (Å²) in [6, 6.07) is 2.66. The van der Waals surface area contributed by atoms with Crippen molar-refractivity contribution in [3.63, 3.8) is 0 Å². The monoisotopic (exact) mass is 412 g/mol. The molecule has 1 N–H and O–H groups in total. The summed E-state index contributed by atoms with van der Waals surface area (Å²) >= 11 is 3.54. The van der Waals surface area contributed by atoms with Crippen LogP contribution in [0.15, 0.2) is 21.7 Å². The number of hydrogen-bond donors (Lipinski definition) is 1. The van der Waals surface area contributed by atoms with E-state index in [1.807, 2.05) is 7.05 Å². The highest BCUT2D eigenvalue weighted by molar-refractivity contribution is 9.10. The van der Waals surface area contributed by atoms with Gasteiger partial charge in [0.15, 0.2) is 5.96 Å². The molecule has 1 aliphatic rings. The second-order valence-corrected chi connectivity index (χ2v) is 7.78. The Bertz CT molecular complexity index is 562. The molecule has 6 nitrogen and oxygen atoms in total. The van der Waals surface area contributed by atoms with Crippen LogP contribution in [0.25, 0.3) is 0 Å². The van der Waals surface area contributed by atoms with Crippen molar-refractivity contribution in [1.29, 1.82) is 0 Å². The van der Waals surface area contributed by atoms with Crippen LogP contribution >= 0.6 is 15.9 Å². The van der Waals surface area contributed by atoms with Crippen LogP contribution in [0.5, 0.6) is 0 Å². The van der Waals surface area contributed by atoms with E-state index in [9.17, 15) is 0 Å². The molecule has 0 aliphatic carbocycles. The highest BCUT2D eigenvalue weighted by Crippen LogP contribution is 2.15. The van der Waals surface area contributed by atoms with Gasteiger partial charge >= 0.3 is 0 Å². The third kappa shape index (κ3) is 5.72. The van der Waals surface area contributed by atoms with Gasteiger partial charge in [-0.25, -0.2) is 0 Å². The third-order valence-corrected chi connectivity index (χ3v) is 5.51. The van der Waals surface area contributed by atoms with Gasteiger partial charge in [-0.05, 0) is 35.5 Å². The van der Waals surface area contributed by atoms with E-state index in [-0.39, 0.29) is 0 Å². The van der Waals surface area contributed by atoms with E-state index in [0.717, 1.165) is 43.2 Å². The lowest BCUT2D eigenvalue weighted by atomic mass is 10.2. The Morgan fingerprint density at radius 2 is 2.04 bits per heavy atom. The molecule has 1 aromatic heterocycles. The molecule has 142 valence electrons.